The molecule has 0 atom stereocenters. The average molecular weight is 439 g/mol. The summed E-state index contributed by atoms with van der Waals surface area (Å²) in [5.41, 5.74) is 1.26. The lowest BCUT2D eigenvalue weighted by atomic mass is 9.84. The van der Waals surface area contributed by atoms with E-state index in [2.05, 4.69) is 31.4 Å². The van der Waals surface area contributed by atoms with Gasteiger partial charge in [0, 0.05) is 0 Å². The molecule has 0 amide bonds. The molecular weight excluding hydrogens is 423 g/mol. The summed E-state index contributed by atoms with van der Waals surface area (Å²) in [6, 6.07) is 4.13. The Morgan fingerprint density at radius 3 is 2.74 bits per heavy atom. The van der Waals surface area contributed by atoms with Crippen LogP contribution in [0, 0.1) is 11.7 Å². The molecule has 0 radical (unpaired) electrons. The third-order valence-electron chi connectivity index (χ3n) is 4.83. The lowest BCUT2D eigenvalue weighted by Gasteiger charge is -2.24. The number of hydrogen-bond acceptors (Lipinski definition) is 7. The normalized spacial score (nSPS) is 20.1. The summed E-state index contributed by atoms with van der Waals surface area (Å²) in [6.45, 7) is 0. The van der Waals surface area contributed by atoms with Crippen LogP contribution in [0.1, 0.15) is 31.4 Å². The van der Waals surface area contributed by atoms with E-state index < -0.39 is 11.6 Å². The highest BCUT2D eigenvalue weighted by Gasteiger charge is 2.26. The van der Waals surface area contributed by atoms with Gasteiger partial charge in [0.1, 0.15) is 11.5 Å². The number of hydrogen-bond donors (Lipinski definition) is 1. The van der Waals surface area contributed by atoms with Crippen molar-refractivity contribution in [3.63, 3.8) is 0 Å². The van der Waals surface area contributed by atoms with Crippen LogP contribution in [0.15, 0.2) is 36.6 Å². The van der Waals surface area contributed by atoms with Crippen LogP contribution in [0.2, 0.25) is 0 Å². The summed E-state index contributed by atoms with van der Waals surface area (Å²) in [5, 5.41) is 21.3. The third-order valence-corrected chi connectivity index (χ3v) is 5.44. The quantitative estimate of drug-likeness (QED) is 0.666. The van der Waals surface area contributed by atoms with Gasteiger partial charge in [-0.15, -0.1) is 0 Å². The molecule has 1 fully saturated rings. The molecule has 1 aliphatic rings. The maximum atomic E-state index is 13.5. The van der Waals surface area contributed by atoms with Gasteiger partial charge in [0.2, 0.25) is 5.82 Å². The Morgan fingerprint density at radius 1 is 1.22 bits per heavy atom. The Labute approximate surface area is 161 Å². The van der Waals surface area contributed by atoms with Gasteiger partial charge in [-0.25, -0.2) is 18.4 Å². The molecule has 1 saturated carbocycles. The van der Waals surface area contributed by atoms with E-state index in [1.165, 1.54) is 22.8 Å². The van der Waals surface area contributed by atoms with Crippen LogP contribution >= 0.6 is 15.9 Å². The molecular formula is C17H16BrFN4O4. The smallest absolute Gasteiger partial charge is 0.393 e. The standard InChI is InChI=1S/C17H16BrFN4O4/c18-12-8-10(3-6-13(12)19)23-16(22-26-17(23)25)15-14(20-27-21-15)7-9-1-4-11(24)5-2-9/h3,6,8-9,11,24H,1-2,4-5,7H2. The second-order valence-corrected chi connectivity index (χ2v) is 7.50. The van der Waals surface area contributed by atoms with Crippen molar-refractivity contribution in [2.75, 3.05) is 0 Å². The first-order chi connectivity index (χ1) is 13.0. The lowest BCUT2D eigenvalue weighted by Crippen LogP contribution is -2.20. The summed E-state index contributed by atoms with van der Waals surface area (Å²) in [5.74, 6) is -0.692. The van der Waals surface area contributed by atoms with Gasteiger partial charge < -0.3 is 5.11 Å². The number of nitrogens with zero attached hydrogens (tertiary/aromatic N) is 4. The van der Waals surface area contributed by atoms with Gasteiger partial charge in [-0.1, -0.05) is 10.3 Å². The molecule has 142 valence electrons. The maximum absolute atomic E-state index is 13.5. The summed E-state index contributed by atoms with van der Waals surface area (Å²) in [6.07, 6.45) is 3.62. The average Bonchev–Trinajstić information content (AvgIpc) is 3.25. The largest absolute Gasteiger partial charge is 0.446 e. The topological polar surface area (TPSA) is 107 Å². The van der Waals surface area contributed by atoms with Gasteiger partial charge in [-0.05, 0) is 77.3 Å². The van der Waals surface area contributed by atoms with Gasteiger partial charge in [0.05, 0.1) is 16.3 Å². The van der Waals surface area contributed by atoms with Gasteiger partial charge in [0.15, 0.2) is 5.69 Å². The van der Waals surface area contributed by atoms with E-state index >= 15 is 0 Å². The van der Waals surface area contributed by atoms with Gasteiger partial charge >= 0.3 is 5.76 Å². The Bertz CT molecular complexity index is 1010. The number of aliphatic hydroxyl groups is 1. The van der Waals surface area contributed by atoms with Crippen molar-refractivity contribution >= 4 is 15.9 Å². The van der Waals surface area contributed by atoms with Gasteiger partial charge in [-0.3, -0.25) is 4.52 Å². The van der Waals surface area contributed by atoms with E-state index in [4.69, 9.17) is 9.15 Å². The third kappa shape index (κ3) is 3.59. The van der Waals surface area contributed by atoms with E-state index in [-0.39, 0.29) is 16.4 Å². The second kappa shape index (κ2) is 7.35. The zero-order valence-corrected chi connectivity index (χ0v) is 15.7. The Kier molecular flexibility index (Phi) is 4.92. The Balaban J connectivity index is 1.68. The van der Waals surface area contributed by atoms with Gasteiger partial charge in [-0.2, -0.15) is 0 Å². The molecule has 0 bridgehead atoms. The molecule has 1 N–H and O–H groups in total. The maximum Gasteiger partial charge on any atom is 0.446 e. The fraction of sp³-hybridized carbons (Fsp3) is 0.412. The van der Waals surface area contributed by atoms with Gasteiger partial charge in [0.25, 0.3) is 0 Å². The number of aromatic nitrogens is 4. The van der Waals surface area contributed by atoms with Crippen molar-refractivity contribution in [3.05, 3.63) is 44.7 Å². The number of halogens is 2. The summed E-state index contributed by atoms with van der Waals surface area (Å²) < 4.78 is 24.6. The van der Waals surface area contributed by atoms with Crippen LogP contribution in [0.3, 0.4) is 0 Å². The van der Waals surface area contributed by atoms with Crippen molar-refractivity contribution in [2.24, 2.45) is 5.92 Å². The van der Waals surface area contributed by atoms with Crippen LogP contribution in [-0.2, 0) is 6.42 Å². The van der Waals surface area contributed by atoms with E-state index in [1.54, 1.807) is 0 Å². The monoisotopic (exact) mass is 438 g/mol. The summed E-state index contributed by atoms with van der Waals surface area (Å²) in [4.78, 5) is 12.2. The number of benzene rings is 1. The van der Waals surface area contributed by atoms with Crippen LogP contribution in [0.25, 0.3) is 17.2 Å². The minimum Gasteiger partial charge on any atom is -0.393 e. The van der Waals surface area contributed by atoms with E-state index in [9.17, 15) is 14.3 Å². The molecule has 2 heterocycles. The SMILES string of the molecule is O=c1onc(-c2nonc2CC2CCC(O)CC2)n1-c1ccc(F)c(Br)c1. The lowest BCUT2D eigenvalue weighted by molar-refractivity contribution is 0.108. The molecule has 8 nitrogen and oxygen atoms in total. The van der Waals surface area contributed by atoms with Crippen molar-refractivity contribution < 1.29 is 18.6 Å². The minimum atomic E-state index is -0.724. The predicted molar refractivity (Wildman–Crippen MR) is 94.7 cm³/mol. The second-order valence-electron chi connectivity index (χ2n) is 6.64. The fourth-order valence-electron chi connectivity index (χ4n) is 3.38. The molecule has 4 rings (SSSR count). The molecule has 0 spiro atoms. The van der Waals surface area contributed by atoms with E-state index in [0.717, 1.165) is 25.7 Å². The molecule has 1 aliphatic carbocycles. The van der Waals surface area contributed by atoms with Crippen LogP contribution < -0.4 is 5.76 Å². The highest BCUT2D eigenvalue weighted by Crippen LogP contribution is 2.30. The first kappa shape index (κ1) is 18.1. The van der Waals surface area contributed by atoms with E-state index in [1.807, 2.05) is 0 Å². The minimum absolute atomic E-state index is 0.144. The molecule has 0 saturated heterocycles. The molecule has 0 aliphatic heterocycles. The van der Waals surface area contributed by atoms with E-state index in [0.29, 0.717) is 29.4 Å². The highest BCUT2D eigenvalue weighted by molar-refractivity contribution is 9.10. The Morgan fingerprint density at radius 2 is 2.00 bits per heavy atom. The first-order valence-corrected chi connectivity index (χ1v) is 9.36. The van der Waals surface area contributed by atoms with Crippen LogP contribution in [-0.4, -0.2) is 31.2 Å². The highest BCUT2D eigenvalue weighted by atomic mass is 79.9. The van der Waals surface area contributed by atoms with Crippen molar-refractivity contribution in [1.82, 2.24) is 20.0 Å². The van der Waals surface area contributed by atoms with Crippen molar-refractivity contribution in [1.29, 1.82) is 0 Å². The molecule has 2 aromatic heterocycles. The molecule has 10 heteroatoms. The zero-order valence-electron chi connectivity index (χ0n) is 14.1. The number of aliphatic hydroxyl groups excluding tert-OH is 1. The molecule has 1 aromatic carbocycles. The van der Waals surface area contributed by atoms with Crippen LogP contribution in [0.5, 0.6) is 0 Å². The first-order valence-electron chi connectivity index (χ1n) is 8.57. The number of rotatable bonds is 4. The summed E-state index contributed by atoms with van der Waals surface area (Å²) in [7, 11) is 0. The fourth-order valence-corrected chi connectivity index (χ4v) is 3.75. The van der Waals surface area contributed by atoms with Crippen molar-refractivity contribution in [3.8, 4) is 17.2 Å². The predicted octanol–water partition coefficient (Wildman–Crippen LogP) is 2.87. The summed E-state index contributed by atoms with van der Waals surface area (Å²) >= 11 is 3.11. The van der Waals surface area contributed by atoms with Crippen LogP contribution in [0.4, 0.5) is 4.39 Å². The Hall–Kier alpha value is -2.33. The van der Waals surface area contributed by atoms with Crippen molar-refractivity contribution in [2.45, 2.75) is 38.2 Å². The molecule has 27 heavy (non-hydrogen) atoms. The molecule has 3 aromatic rings. The molecule has 0 unspecified atom stereocenters. The zero-order chi connectivity index (χ0) is 19.0.